The van der Waals surface area contributed by atoms with Gasteiger partial charge in [-0.15, -0.1) is 0 Å². The van der Waals surface area contributed by atoms with E-state index >= 15 is 0 Å². The van der Waals surface area contributed by atoms with Gasteiger partial charge in [0.2, 0.25) is 0 Å². The van der Waals surface area contributed by atoms with Crippen LogP contribution in [0.2, 0.25) is 0 Å². The monoisotopic (exact) mass is 265 g/mol. The van der Waals surface area contributed by atoms with Gasteiger partial charge in [0.15, 0.2) is 5.82 Å². The molecule has 104 valence electrons. The Hall–Kier alpha value is -1.73. The highest BCUT2D eigenvalue weighted by molar-refractivity contribution is 5.97. The lowest BCUT2D eigenvalue weighted by molar-refractivity contribution is -0.0573. The minimum atomic E-state index is -0.793. The van der Waals surface area contributed by atoms with Crippen molar-refractivity contribution in [3.05, 3.63) is 18.1 Å². The van der Waals surface area contributed by atoms with Gasteiger partial charge >= 0.3 is 0 Å². The molecule has 2 heterocycles. The number of rotatable bonds is 4. The van der Waals surface area contributed by atoms with E-state index in [1.165, 1.54) is 6.20 Å². The average Bonchev–Trinajstić information content (AvgIpc) is 2.39. The number of hydrogen-bond acceptors (Lipinski definition) is 6. The molecule has 0 aromatic carbocycles. The van der Waals surface area contributed by atoms with Crippen molar-refractivity contribution in [1.29, 1.82) is 5.41 Å². The average molecular weight is 265 g/mol. The number of amidine groups is 1. The number of nitrogens with two attached hydrogens (primary N) is 1. The van der Waals surface area contributed by atoms with Crippen molar-refractivity contribution in [3.8, 4) is 0 Å². The Bertz CT molecular complexity index is 459. The minimum absolute atomic E-state index is 0.131. The highest BCUT2D eigenvalue weighted by Gasteiger charge is 2.32. The Morgan fingerprint density at radius 2 is 2.11 bits per heavy atom. The molecule has 1 saturated heterocycles. The van der Waals surface area contributed by atoms with E-state index in [1.54, 1.807) is 11.1 Å². The van der Waals surface area contributed by atoms with Crippen molar-refractivity contribution >= 4 is 11.7 Å². The summed E-state index contributed by atoms with van der Waals surface area (Å²) in [6, 6.07) is 0. The highest BCUT2D eigenvalue weighted by Crippen LogP contribution is 2.24. The molecule has 7 heteroatoms. The molecule has 0 amide bonds. The smallest absolute Gasteiger partial charge is 0.158 e. The van der Waals surface area contributed by atoms with Gasteiger partial charge in [0.05, 0.1) is 5.60 Å². The van der Waals surface area contributed by atoms with Crippen molar-refractivity contribution in [2.45, 2.75) is 18.4 Å². The number of nitrogens with one attached hydrogen (secondary N) is 1. The summed E-state index contributed by atoms with van der Waals surface area (Å²) in [5.74, 6) is 0.379. The highest BCUT2D eigenvalue weighted by atomic mass is 16.5. The molecule has 1 aliphatic rings. The van der Waals surface area contributed by atoms with E-state index in [0.717, 1.165) is 0 Å². The van der Waals surface area contributed by atoms with Crippen LogP contribution in [0.1, 0.15) is 18.5 Å². The number of likely N-dealkylation sites (N-methyl/N-ethyl adjacent to an activating group) is 1. The molecule has 1 fully saturated rings. The van der Waals surface area contributed by atoms with Gasteiger partial charge in [-0.3, -0.25) is 5.41 Å². The first kappa shape index (κ1) is 13.7. The molecule has 19 heavy (non-hydrogen) atoms. The van der Waals surface area contributed by atoms with E-state index in [0.29, 0.717) is 44.1 Å². The Kier molecular flexibility index (Phi) is 3.96. The number of aromatic nitrogens is 2. The lowest BCUT2D eigenvalue weighted by Gasteiger charge is -2.36. The molecule has 1 aliphatic heterocycles. The third kappa shape index (κ3) is 3.18. The molecule has 0 bridgehead atoms. The Morgan fingerprint density at radius 3 is 2.74 bits per heavy atom. The van der Waals surface area contributed by atoms with Crippen molar-refractivity contribution in [1.82, 2.24) is 9.97 Å². The summed E-state index contributed by atoms with van der Waals surface area (Å²) in [6.07, 6.45) is 4.23. The number of anilines is 1. The summed E-state index contributed by atoms with van der Waals surface area (Å²) in [5, 5.41) is 18.0. The second kappa shape index (κ2) is 5.50. The van der Waals surface area contributed by atoms with Crippen LogP contribution < -0.4 is 10.6 Å². The maximum Gasteiger partial charge on any atom is 0.158 e. The molecular weight excluding hydrogens is 246 g/mol. The summed E-state index contributed by atoms with van der Waals surface area (Å²) < 4.78 is 5.25. The maximum absolute atomic E-state index is 10.5. The van der Waals surface area contributed by atoms with Gasteiger partial charge in [0, 0.05) is 52.0 Å². The van der Waals surface area contributed by atoms with Crippen LogP contribution in [0.25, 0.3) is 0 Å². The Balaban J connectivity index is 2.15. The van der Waals surface area contributed by atoms with Gasteiger partial charge in [-0.05, 0) is 0 Å². The molecule has 0 radical (unpaired) electrons. The molecule has 0 unspecified atom stereocenters. The zero-order valence-corrected chi connectivity index (χ0v) is 11.0. The van der Waals surface area contributed by atoms with Gasteiger partial charge < -0.3 is 20.5 Å². The molecule has 1 aromatic rings. The summed E-state index contributed by atoms with van der Waals surface area (Å²) >= 11 is 0. The molecule has 1 aromatic heterocycles. The third-order valence-electron chi connectivity index (χ3n) is 3.25. The van der Waals surface area contributed by atoms with Crippen LogP contribution in [0.3, 0.4) is 0 Å². The summed E-state index contributed by atoms with van der Waals surface area (Å²) in [6.45, 7) is 1.53. The standard InChI is InChI=1S/C12H19N5O2/c1-17(8-12(18)2-6-19-7-3-12)11-9(10(13)14)15-4-5-16-11/h4-5,18H,2-3,6-8H2,1H3,(H3,13,14). The van der Waals surface area contributed by atoms with Crippen molar-refractivity contribution in [3.63, 3.8) is 0 Å². The van der Waals surface area contributed by atoms with E-state index in [9.17, 15) is 5.11 Å². The first-order chi connectivity index (χ1) is 9.02. The first-order valence-electron chi connectivity index (χ1n) is 6.18. The predicted molar refractivity (Wildman–Crippen MR) is 71.3 cm³/mol. The quantitative estimate of drug-likeness (QED) is 0.511. The lowest BCUT2D eigenvalue weighted by atomic mass is 9.94. The van der Waals surface area contributed by atoms with Crippen LogP contribution in [0.4, 0.5) is 5.82 Å². The summed E-state index contributed by atoms with van der Waals surface area (Å²) in [5.41, 5.74) is 5.03. The van der Waals surface area contributed by atoms with Gasteiger partial charge in [-0.25, -0.2) is 9.97 Å². The van der Waals surface area contributed by atoms with Gasteiger partial charge in [-0.2, -0.15) is 0 Å². The first-order valence-corrected chi connectivity index (χ1v) is 6.18. The fraction of sp³-hybridized carbons (Fsp3) is 0.583. The van der Waals surface area contributed by atoms with E-state index in [1.807, 2.05) is 7.05 Å². The second-order valence-corrected chi connectivity index (χ2v) is 4.84. The molecule has 0 spiro atoms. The third-order valence-corrected chi connectivity index (χ3v) is 3.25. The van der Waals surface area contributed by atoms with E-state index in [2.05, 4.69) is 9.97 Å². The van der Waals surface area contributed by atoms with Gasteiger partial charge in [0.25, 0.3) is 0 Å². The van der Waals surface area contributed by atoms with E-state index in [4.69, 9.17) is 15.9 Å². The van der Waals surface area contributed by atoms with Gasteiger partial charge in [-0.1, -0.05) is 0 Å². The lowest BCUT2D eigenvalue weighted by Crippen LogP contribution is -2.46. The number of nitrogen functional groups attached to an aromatic ring is 1. The van der Waals surface area contributed by atoms with E-state index in [-0.39, 0.29) is 5.84 Å². The molecule has 2 rings (SSSR count). The number of nitrogens with zero attached hydrogens (tertiary/aromatic N) is 3. The number of ether oxygens (including phenoxy) is 1. The van der Waals surface area contributed by atoms with Gasteiger partial charge in [0.1, 0.15) is 11.5 Å². The molecule has 0 atom stereocenters. The molecular formula is C12H19N5O2. The summed E-state index contributed by atoms with van der Waals surface area (Å²) in [4.78, 5) is 10.0. The van der Waals surface area contributed by atoms with Crippen molar-refractivity contribution < 1.29 is 9.84 Å². The van der Waals surface area contributed by atoms with Crippen LogP contribution in [0, 0.1) is 5.41 Å². The molecule has 4 N–H and O–H groups in total. The van der Waals surface area contributed by atoms with Crippen LogP contribution >= 0.6 is 0 Å². The van der Waals surface area contributed by atoms with Crippen LogP contribution in [-0.4, -0.2) is 53.3 Å². The molecule has 7 nitrogen and oxygen atoms in total. The molecule has 0 saturated carbocycles. The largest absolute Gasteiger partial charge is 0.388 e. The van der Waals surface area contributed by atoms with Crippen LogP contribution in [-0.2, 0) is 4.74 Å². The summed E-state index contributed by atoms with van der Waals surface area (Å²) in [7, 11) is 1.81. The normalized spacial score (nSPS) is 18.0. The van der Waals surface area contributed by atoms with Crippen LogP contribution in [0.5, 0.6) is 0 Å². The fourth-order valence-electron chi connectivity index (χ4n) is 2.23. The Morgan fingerprint density at radius 1 is 1.47 bits per heavy atom. The SMILES string of the molecule is CN(CC1(O)CCOCC1)c1nccnc1C(=N)N. The fourth-order valence-corrected chi connectivity index (χ4v) is 2.23. The maximum atomic E-state index is 10.5. The van der Waals surface area contributed by atoms with Crippen LogP contribution in [0.15, 0.2) is 12.4 Å². The minimum Gasteiger partial charge on any atom is -0.388 e. The number of aliphatic hydroxyl groups is 1. The van der Waals surface area contributed by atoms with E-state index < -0.39 is 5.60 Å². The Labute approximate surface area is 111 Å². The zero-order chi connectivity index (χ0) is 13.9. The topological polar surface area (TPSA) is 108 Å². The van der Waals surface area contributed by atoms with Crippen molar-refractivity contribution in [2.24, 2.45) is 5.73 Å². The second-order valence-electron chi connectivity index (χ2n) is 4.84. The zero-order valence-electron chi connectivity index (χ0n) is 11.0. The van der Waals surface area contributed by atoms with Crippen molar-refractivity contribution in [2.75, 3.05) is 31.7 Å². The molecule has 0 aliphatic carbocycles. The number of hydrogen-bond donors (Lipinski definition) is 3. The predicted octanol–water partition coefficient (Wildman–Crippen LogP) is -0.262.